The molecule has 0 amide bonds. The van der Waals surface area contributed by atoms with Crippen LogP contribution in [0.1, 0.15) is 44.0 Å². The third kappa shape index (κ3) is 2.94. The minimum absolute atomic E-state index is 0.537. The Morgan fingerprint density at radius 2 is 1.76 bits per heavy atom. The van der Waals surface area contributed by atoms with E-state index >= 15 is 0 Å². The van der Waals surface area contributed by atoms with Crippen molar-refractivity contribution in [1.82, 2.24) is 10.2 Å². The van der Waals surface area contributed by atoms with Crippen molar-refractivity contribution < 1.29 is 0 Å². The van der Waals surface area contributed by atoms with Gasteiger partial charge in [0.05, 0.1) is 5.69 Å². The smallest absolute Gasteiger partial charge is 0.155 e. The molecule has 0 aliphatic rings. The maximum Gasteiger partial charge on any atom is 0.155 e. The molecule has 4 nitrogen and oxygen atoms in total. The van der Waals surface area contributed by atoms with Crippen molar-refractivity contribution in [3.63, 3.8) is 0 Å². The Bertz CT molecular complexity index is 363. The zero-order chi connectivity index (χ0) is 12.8. The van der Waals surface area contributed by atoms with Crippen molar-refractivity contribution in [2.75, 3.05) is 18.5 Å². The Kier molecular flexibility index (Phi) is 5.35. The molecule has 0 radical (unpaired) electrons. The summed E-state index contributed by atoms with van der Waals surface area (Å²) in [5.74, 6) is 0.948. The van der Waals surface area contributed by atoms with Crippen LogP contribution in [0, 0.1) is 0 Å². The minimum Gasteiger partial charge on any atom is -0.358 e. The molecule has 0 saturated heterocycles. The number of rotatable bonds is 6. The van der Waals surface area contributed by atoms with Crippen LogP contribution in [0.4, 0.5) is 5.82 Å². The minimum atomic E-state index is 0.537. The Balaban J connectivity index is 3.22. The van der Waals surface area contributed by atoms with Crippen molar-refractivity contribution in [2.45, 2.75) is 46.6 Å². The maximum atomic E-state index is 5.89. The summed E-state index contributed by atoms with van der Waals surface area (Å²) < 4.78 is 0. The van der Waals surface area contributed by atoms with Crippen LogP contribution in [0.25, 0.3) is 0 Å². The summed E-state index contributed by atoms with van der Waals surface area (Å²) >= 11 is 0. The van der Waals surface area contributed by atoms with Crippen LogP contribution in [0.2, 0.25) is 0 Å². The van der Waals surface area contributed by atoms with Crippen LogP contribution >= 0.6 is 0 Å². The zero-order valence-corrected chi connectivity index (χ0v) is 11.5. The molecule has 2 N–H and O–H groups in total. The van der Waals surface area contributed by atoms with E-state index in [1.807, 2.05) is 0 Å². The number of nitrogens with zero attached hydrogens (tertiary/aromatic N) is 3. The lowest BCUT2D eigenvalue weighted by Crippen LogP contribution is -2.24. The van der Waals surface area contributed by atoms with E-state index in [9.17, 15) is 0 Å². The average molecular weight is 236 g/mol. The highest BCUT2D eigenvalue weighted by Crippen LogP contribution is 2.22. The molecule has 0 bridgehead atoms. The zero-order valence-electron chi connectivity index (χ0n) is 11.5. The van der Waals surface area contributed by atoms with Gasteiger partial charge in [0.15, 0.2) is 5.82 Å². The number of aromatic nitrogens is 2. The van der Waals surface area contributed by atoms with Gasteiger partial charge in [-0.15, -0.1) is 5.10 Å². The highest BCUT2D eigenvalue weighted by Gasteiger charge is 2.15. The predicted octanol–water partition coefficient (Wildman–Crippen LogP) is 1.91. The molecular formula is C13H24N4. The molecule has 96 valence electrons. The highest BCUT2D eigenvalue weighted by atomic mass is 15.2. The quantitative estimate of drug-likeness (QED) is 0.819. The molecule has 0 unspecified atom stereocenters. The van der Waals surface area contributed by atoms with E-state index in [1.54, 1.807) is 0 Å². The maximum absolute atomic E-state index is 5.89. The summed E-state index contributed by atoms with van der Waals surface area (Å²) in [4.78, 5) is 2.15. The van der Waals surface area contributed by atoms with E-state index in [2.05, 4.69) is 42.9 Å². The number of hydrogen-bond acceptors (Lipinski definition) is 4. The first-order chi connectivity index (χ1) is 8.19. The molecule has 1 aromatic heterocycles. The Morgan fingerprint density at radius 3 is 2.24 bits per heavy atom. The molecule has 0 atom stereocenters. The van der Waals surface area contributed by atoms with Gasteiger partial charge < -0.3 is 10.6 Å². The van der Waals surface area contributed by atoms with Gasteiger partial charge in [0, 0.05) is 25.7 Å². The average Bonchev–Trinajstić information content (AvgIpc) is 2.36. The summed E-state index contributed by atoms with van der Waals surface area (Å²) in [6.07, 6.45) is 2.98. The Morgan fingerprint density at radius 1 is 1.06 bits per heavy atom. The van der Waals surface area contributed by atoms with Crippen LogP contribution in [-0.2, 0) is 19.4 Å². The van der Waals surface area contributed by atoms with Crippen molar-refractivity contribution >= 4 is 5.82 Å². The van der Waals surface area contributed by atoms with Crippen LogP contribution in [0.5, 0.6) is 0 Å². The fraction of sp³-hybridized carbons (Fsp3) is 0.692. The van der Waals surface area contributed by atoms with Gasteiger partial charge in [0.25, 0.3) is 0 Å². The number of nitrogens with two attached hydrogens (primary N) is 1. The van der Waals surface area contributed by atoms with Gasteiger partial charge in [-0.25, -0.2) is 0 Å². The molecule has 0 aromatic carbocycles. The number of hydrogen-bond donors (Lipinski definition) is 1. The first-order valence-electron chi connectivity index (χ1n) is 6.47. The van der Waals surface area contributed by atoms with Crippen molar-refractivity contribution in [1.29, 1.82) is 0 Å². The summed E-state index contributed by atoms with van der Waals surface area (Å²) in [6, 6.07) is 0. The molecule has 0 aliphatic heterocycles. The fourth-order valence-corrected chi connectivity index (χ4v) is 2.20. The third-order valence-electron chi connectivity index (χ3n) is 3.06. The molecule has 17 heavy (non-hydrogen) atoms. The standard InChI is InChI=1S/C13H24N4/c1-5-8-17(4)13-11(9-14)10(6-2)12(7-3)15-16-13/h5-9,14H2,1-4H3. The topological polar surface area (TPSA) is 55.0 Å². The van der Waals surface area contributed by atoms with E-state index < -0.39 is 0 Å². The first-order valence-corrected chi connectivity index (χ1v) is 6.47. The summed E-state index contributed by atoms with van der Waals surface area (Å²) in [6.45, 7) is 7.94. The van der Waals surface area contributed by atoms with E-state index in [1.165, 1.54) is 5.56 Å². The second-order valence-corrected chi connectivity index (χ2v) is 4.26. The summed E-state index contributed by atoms with van der Waals surface area (Å²) in [5, 5.41) is 8.68. The Labute approximate surface area is 104 Å². The Hall–Kier alpha value is -1.16. The van der Waals surface area contributed by atoms with E-state index in [4.69, 9.17) is 5.73 Å². The van der Waals surface area contributed by atoms with Gasteiger partial charge in [-0.05, 0) is 24.8 Å². The molecule has 0 fully saturated rings. The van der Waals surface area contributed by atoms with Crippen molar-refractivity contribution in [2.24, 2.45) is 5.73 Å². The van der Waals surface area contributed by atoms with Crippen LogP contribution in [0.15, 0.2) is 0 Å². The second-order valence-electron chi connectivity index (χ2n) is 4.26. The van der Waals surface area contributed by atoms with Gasteiger partial charge in [0.2, 0.25) is 0 Å². The van der Waals surface area contributed by atoms with Crippen molar-refractivity contribution in [3.05, 3.63) is 16.8 Å². The normalized spacial score (nSPS) is 10.6. The monoisotopic (exact) mass is 236 g/mol. The second kappa shape index (κ2) is 6.55. The van der Waals surface area contributed by atoms with Gasteiger partial charge >= 0.3 is 0 Å². The SMILES string of the molecule is CCCN(C)c1nnc(CC)c(CC)c1CN. The third-order valence-corrected chi connectivity index (χ3v) is 3.06. The van der Waals surface area contributed by atoms with Crippen molar-refractivity contribution in [3.8, 4) is 0 Å². The molecule has 1 rings (SSSR count). The molecular weight excluding hydrogens is 212 g/mol. The first kappa shape index (κ1) is 13.9. The van der Waals surface area contributed by atoms with Gasteiger partial charge in [-0.2, -0.15) is 5.10 Å². The summed E-state index contributed by atoms with van der Waals surface area (Å²) in [7, 11) is 2.05. The lowest BCUT2D eigenvalue weighted by atomic mass is 10.0. The van der Waals surface area contributed by atoms with E-state index in [0.717, 1.165) is 42.9 Å². The molecule has 1 aromatic rings. The molecule has 0 saturated carbocycles. The van der Waals surface area contributed by atoms with Gasteiger partial charge in [-0.1, -0.05) is 20.8 Å². The predicted molar refractivity (Wildman–Crippen MR) is 72.2 cm³/mol. The van der Waals surface area contributed by atoms with Gasteiger partial charge in [-0.3, -0.25) is 0 Å². The fourth-order valence-electron chi connectivity index (χ4n) is 2.20. The lowest BCUT2D eigenvalue weighted by molar-refractivity contribution is 0.778. The number of aryl methyl sites for hydroxylation is 1. The van der Waals surface area contributed by atoms with Crippen LogP contribution in [-0.4, -0.2) is 23.8 Å². The van der Waals surface area contributed by atoms with E-state index in [-0.39, 0.29) is 0 Å². The summed E-state index contributed by atoms with van der Waals surface area (Å²) in [5.41, 5.74) is 9.42. The van der Waals surface area contributed by atoms with E-state index in [0.29, 0.717) is 6.54 Å². The molecule has 1 heterocycles. The molecule has 0 aliphatic carbocycles. The molecule has 4 heteroatoms. The van der Waals surface area contributed by atoms with Gasteiger partial charge in [0.1, 0.15) is 0 Å². The van der Waals surface area contributed by atoms with Crippen LogP contribution in [0.3, 0.4) is 0 Å². The largest absolute Gasteiger partial charge is 0.358 e. The van der Waals surface area contributed by atoms with Crippen LogP contribution < -0.4 is 10.6 Å². The molecule has 0 spiro atoms. The lowest BCUT2D eigenvalue weighted by Gasteiger charge is -2.22. The number of anilines is 1. The highest BCUT2D eigenvalue weighted by molar-refractivity contribution is 5.50.